The summed E-state index contributed by atoms with van der Waals surface area (Å²) in [5.74, 6) is -0.242. The Morgan fingerprint density at radius 1 is 1.27 bits per heavy atom. The highest BCUT2D eigenvalue weighted by molar-refractivity contribution is 9.10. The van der Waals surface area contributed by atoms with Gasteiger partial charge in [0.1, 0.15) is 5.82 Å². The summed E-state index contributed by atoms with van der Waals surface area (Å²) in [7, 11) is 0. The maximum Gasteiger partial charge on any atom is 0.146 e. The molecule has 0 unspecified atom stereocenters. The smallest absolute Gasteiger partial charge is 0.146 e. The summed E-state index contributed by atoms with van der Waals surface area (Å²) in [4.78, 5) is 4.12. The number of pyridine rings is 1. The van der Waals surface area contributed by atoms with Crippen molar-refractivity contribution in [3.05, 3.63) is 40.2 Å². The van der Waals surface area contributed by atoms with E-state index >= 15 is 0 Å². The van der Waals surface area contributed by atoms with E-state index in [9.17, 15) is 4.39 Å². The van der Waals surface area contributed by atoms with Crippen LogP contribution >= 0.6 is 15.9 Å². The van der Waals surface area contributed by atoms with E-state index in [4.69, 9.17) is 0 Å². The summed E-state index contributed by atoms with van der Waals surface area (Å²) in [6, 6.07) is 5.25. The molecule has 3 heteroatoms. The maximum atomic E-state index is 13.5. The van der Waals surface area contributed by atoms with Crippen LogP contribution in [-0.4, -0.2) is 4.98 Å². The first kappa shape index (κ1) is 12.1. The monoisotopic (exact) mass is 269 g/mol. The number of aryl methyl sites for hydroxylation is 1. The van der Waals surface area contributed by atoms with E-state index in [0.717, 1.165) is 5.56 Å². The van der Waals surface area contributed by atoms with Crippen molar-refractivity contribution in [3.8, 4) is 0 Å². The van der Waals surface area contributed by atoms with E-state index in [0.29, 0.717) is 15.4 Å². The largest absolute Gasteiger partial charge is 0.256 e. The van der Waals surface area contributed by atoms with E-state index in [1.54, 1.807) is 24.4 Å². The number of hydrogen-bond donors (Lipinski definition) is 0. The van der Waals surface area contributed by atoms with Crippen LogP contribution in [0.2, 0.25) is 0 Å². The fraction of sp³-hybridized carbons (Fsp3) is 0.250. The van der Waals surface area contributed by atoms with E-state index in [1.807, 2.05) is 20.8 Å². The van der Waals surface area contributed by atoms with E-state index in [1.165, 1.54) is 0 Å². The summed E-state index contributed by atoms with van der Waals surface area (Å²) in [6.45, 7) is 5.90. The number of aromatic nitrogens is 1. The molecule has 0 atom stereocenters. The predicted octanol–water partition coefficient (Wildman–Crippen LogP) is 4.47. The zero-order chi connectivity index (χ0) is 11.4. The van der Waals surface area contributed by atoms with Gasteiger partial charge >= 0.3 is 0 Å². The standard InChI is InChI=1S/C10H7BrFN.C2H6/c1-6-4-7-9(13-5-6)3-2-8(11)10(7)12;1-2/h2-5H,1H3;1-2H3. The van der Waals surface area contributed by atoms with E-state index in [-0.39, 0.29) is 5.82 Å². The molecule has 1 nitrogen and oxygen atoms in total. The molecule has 0 aliphatic heterocycles. The molecule has 0 radical (unpaired) electrons. The van der Waals surface area contributed by atoms with Gasteiger partial charge in [-0.3, -0.25) is 4.98 Å². The van der Waals surface area contributed by atoms with E-state index < -0.39 is 0 Å². The van der Waals surface area contributed by atoms with Gasteiger partial charge in [-0.05, 0) is 46.6 Å². The Morgan fingerprint density at radius 2 is 1.93 bits per heavy atom. The van der Waals surface area contributed by atoms with Crippen LogP contribution in [0.3, 0.4) is 0 Å². The van der Waals surface area contributed by atoms with Gasteiger partial charge < -0.3 is 0 Å². The number of rotatable bonds is 0. The molecule has 80 valence electrons. The Morgan fingerprint density at radius 3 is 2.60 bits per heavy atom. The summed E-state index contributed by atoms with van der Waals surface area (Å²) in [5.41, 5.74) is 1.65. The molecule has 0 N–H and O–H groups in total. The van der Waals surface area contributed by atoms with Gasteiger partial charge in [-0.25, -0.2) is 4.39 Å². The molecule has 0 aliphatic carbocycles. The van der Waals surface area contributed by atoms with Crippen LogP contribution in [0.1, 0.15) is 19.4 Å². The minimum Gasteiger partial charge on any atom is -0.256 e. The molecule has 0 amide bonds. The fourth-order valence-corrected chi connectivity index (χ4v) is 1.59. The number of nitrogens with zero attached hydrogens (tertiary/aromatic N) is 1. The number of fused-ring (bicyclic) bond motifs is 1. The van der Waals surface area contributed by atoms with Gasteiger partial charge in [-0.15, -0.1) is 0 Å². The molecule has 15 heavy (non-hydrogen) atoms. The molecule has 1 aromatic heterocycles. The number of benzene rings is 1. The lowest BCUT2D eigenvalue weighted by atomic mass is 10.2. The third-order valence-electron chi connectivity index (χ3n) is 1.89. The Labute approximate surface area is 97.5 Å². The average molecular weight is 270 g/mol. The second-order valence-electron chi connectivity index (χ2n) is 2.94. The Hall–Kier alpha value is -0.960. The molecule has 0 saturated carbocycles. The number of hydrogen-bond acceptors (Lipinski definition) is 1. The minimum absolute atomic E-state index is 0.242. The van der Waals surface area contributed by atoms with Crippen LogP contribution in [0.5, 0.6) is 0 Å². The second kappa shape index (κ2) is 5.21. The normalized spacial score (nSPS) is 9.67. The van der Waals surface area contributed by atoms with Crippen molar-refractivity contribution in [2.24, 2.45) is 0 Å². The third kappa shape index (κ3) is 2.53. The third-order valence-corrected chi connectivity index (χ3v) is 2.50. The molecule has 1 heterocycles. The summed E-state index contributed by atoms with van der Waals surface area (Å²) in [6.07, 6.45) is 1.73. The minimum atomic E-state index is -0.242. The van der Waals surface area contributed by atoms with Gasteiger partial charge in [-0.2, -0.15) is 0 Å². The zero-order valence-electron chi connectivity index (χ0n) is 9.01. The molecule has 2 aromatic rings. The van der Waals surface area contributed by atoms with Gasteiger partial charge in [0.2, 0.25) is 0 Å². The van der Waals surface area contributed by atoms with Crippen molar-refractivity contribution >= 4 is 26.8 Å². The molecular formula is C12H13BrFN. The van der Waals surface area contributed by atoms with Crippen LogP contribution < -0.4 is 0 Å². The van der Waals surface area contributed by atoms with Crippen molar-refractivity contribution in [1.82, 2.24) is 4.98 Å². The lowest BCUT2D eigenvalue weighted by Crippen LogP contribution is -1.86. The van der Waals surface area contributed by atoms with Crippen LogP contribution in [-0.2, 0) is 0 Å². The first-order valence-corrected chi connectivity index (χ1v) is 5.68. The lowest BCUT2D eigenvalue weighted by molar-refractivity contribution is 0.633. The van der Waals surface area contributed by atoms with Gasteiger partial charge in [0.15, 0.2) is 0 Å². The van der Waals surface area contributed by atoms with Crippen molar-refractivity contribution in [2.45, 2.75) is 20.8 Å². The SMILES string of the molecule is CC.Cc1cnc2ccc(Br)c(F)c2c1. The molecule has 0 saturated heterocycles. The van der Waals surface area contributed by atoms with Gasteiger partial charge in [-0.1, -0.05) is 13.8 Å². The topological polar surface area (TPSA) is 12.9 Å². The molecule has 0 bridgehead atoms. The fourth-order valence-electron chi connectivity index (χ4n) is 1.24. The highest BCUT2D eigenvalue weighted by Gasteiger charge is 2.05. The van der Waals surface area contributed by atoms with Crippen LogP contribution in [0.25, 0.3) is 10.9 Å². The van der Waals surface area contributed by atoms with Crippen molar-refractivity contribution in [3.63, 3.8) is 0 Å². The molecule has 0 spiro atoms. The first-order chi connectivity index (χ1) is 7.18. The highest BCUT2D eigenvalue weighted by atomic mass is 79.9. The Balaban J connectivity index is 0.000000531. The molecular weight excluding hydrogens is 257 g/mol. The zero-order valence-corrected chi connectivity index (χ0v) is 10.6. The maximum absolute atomic E-state index is 13.5. The Kier molecular flexibility index (Phi) is 4.21. The predicted molar refractivity (Wildman–Crippen MR) is 65.5 cm³/mol. The lowest BCUT2D eigenvalue weighted by Gasteiger charge is -2.01. The van der Waals surface area contributed by atoms with Crippen LogP contribution in [0, 0.1) is 12.7 Å². The Bertz CT molecular complexity index is 463. The number of halogens is 2. The molecule has 2 rings (SSSR count). The van der Waals surface area contributed by atoms with Gasteiger partial charge in [0, 0.05) is 11.6 Å². The van der Waals surface area contributed by atoms with Crippen molar-refractivity contribution in [1.29, 1.82) is 0 Å². The van der Waals surface area contributed by atoms with E-state index in [2.05, 4.69) is 20.9 Å². The first-order valence-electron chi connectivity index (χ1n) is 4.89. The molecule has 0 fully saturated rings. The van der Waals surface area contributed by atoms with Crippen LogP contribution in [0.15, 0.2) is 28.9 Å². The van der Waals surface area contributed by atoms with Crippen LogP contribution in [0.4, 0.5) is 4.39 Å². The van der Waals surface area contributed by atoms with Crippen molar-refractivity contribution < 1.29 is 4.39 Å². The average Bonchev–Trinajstić information content (AvgIpc) is 2.27. The summed E-state index contributed by atoms with van der Waals surface area (Å²) in [5, 5.41) is 0.564. The molecule has 0 aliphatic rings. The summed E-state index contributed by atoms with van der Waals surface area (Å²) >= 11 is 3.14. The van der Waals surface area contributed by atoms with Gasteiger partial charge in [0.25, 0.3) is 0 Å². The summed E-state index contributed by atoms with van der Waals surface area (Å²) < 4.78 is 14.0. The second-order valence-corrected chi connectivity index (χ2v) is 3.80. The molecule has 1 aromatic carbocycles. The van der Waals surface area contributed by atoms with Gasteiger partial charge in [0.05, 0.1) is 9.99 Å². The highest BCUT2D eigenvalue weighted by Crippen LogP contribution is 2.23. The quantitative estimate of drug-likeness (QED) is 0.688. The van der Waals surface area contributed by atoms with Crippen molar-refractivity contribution in [2.75, 3.05) is 0 Å².